The molecule has 27 heavy (non-hydrogen) atoms. The number of methoxy groups -OCH3 is 1. The van der Waals surface area contributed by atoms with Gasteiger partial charge in [0.1, 0.15) is 5.75 Å². The van der Waals surface area contributed by atoms with Crippen LogP contribution in [0.5, 0.6) is 5.75 Å². The van der Waals surface area contributed by atoms with Crippen molar-refractivity contribution in [3.8, 4) is 5.75 Å². The van der Waals surface area contributed by atoms with Crippen LogP contribution < -0.4 is 4.74 Å². The first-order valence-corrected chi connectivity index (χ1v) is 8.49. The Balaban J connectivity index is 1.72. The summed E-state index contributed by atoms with van der Waals surface area (Å²) in [7, 11) is 1.57. The lowest BCUT2D eigenvalue weighted by molar-refractivity contribution is -0.384. The number of carbonyl (C=O) groups excluding carboxylic acids is 2. The van der Waals surface area contributed by atoms with Crippen LogP contribution in [0.3, 0.4) is 0 Å². The summed E-state index contributed by atoms with van der Waals surface area (Å²) in [4.78, 5) is 35.3. The summed E-state index contributed by atoms with van der Waals surface area (Å²) in [5.41, 5.74) is 0.177. The Kier molecular flexibility index (Phi) is 4.94. The highest BCUT2D eigenvalue weighted by Gasteiger charge is 2.47. The van der Waals surface area contributed by atoms with Gasteiger partial charge in [0.2, 0.25) is 0 Å². The van der Waals surface area contributed by atoms with Crippen molar-refractivity contribution in [2.24, 2.45) is 0 Å². The van der Waals surface area contributed by atoms with Crippen molar-refractivity contribution < 1.29 is 24.0 Å². The smallest absolute Gasteiger partial charge is 0.338 e. The zero-order valence-electron chi connectivity index (χ0n) is 15.0. The molecule has 0 amide bonds. The van der Waals surface area contributed by atoms with Crippen LogP contribution in [0.25, 0.3) is 0 Å². The van der Waals surface area contributed by atoms with Crippen molar-refractivity contribution in [1.82, 2.24) is 0 Å². The molecule has 1 fully saturated rings. The molecule has 2 aromatic rings. The number of benzene rings is 2. The molecule has 2 atom stereocenters. The number of hydrogen-bond donors (Lipinski definition) is 0. The molecule has 0 bridgehead atoms. The van der Waals surface area contributed by atoms with E-state index >= 15 is 0 Å². The minimum atomic E-state index is -0.834. The van der Waals surface area contributed by atoms with Crippen LogP contribution in [0.2, 0.25) is 0 Å². The van der Waals surface area contributed by atoms with E-state index in [4.69, 9.17) is 9.47 Å². The van der Waals surface area contributed by atoms with E-state index in [1.54, 1.807) is 19.2 Å². The molecule has 7 nitrogen and oxygen atoms in total. The van der Waals surface area contributed by atoms with Crippen LogP contribution in [0, 0.1) is 10.1 Å². The number of nitrogens with zero attached hydrogens (tertiary/aromatic N) is 1. The van der Waals surface area contributed by atoms with E-state index in [0.29, 0.717) is 18.6 Å². The average molecular weight is 369 g/mol. The summed E-state index contributed by atoms with van der Waals surface area (Å²) in [6.45, 7) is 1.84. The first kappa shape index (κ1) is 18.6. The predicted molar refractivity (Wildman–Crippen MR) is 96.9 cm³/mol. The van der Waals surface area contributed by atoms with Crippen molar-refractivity contribution in [3.63, 3.8) is 0 Å². The van der Waals surface area contributed by atoms with Crippen molar-refractivity contribution in [2.45, 2.75) is 31.3 Å². The summed E-state index contributed by atoms with van der Waals surface area (Å²) >= 11 is 0. The Morgan fingerprint density at radius 1 is 1.15 bits per heavy atom. The van der Waals surface area contributed by atoms with E-state index in [1.807, 2.05) is 19.1 Å². The number of Topliss-reactive ketones (excluding diaryl/α,β-unsaturated/α-hetero) is 1. The average Bonchev–Trinajstić information content (AvgIpc) is 2.97. The fraction of sp³-hybridized carbons (Fsp3) is 0.300. The molecule has 1 aliphatic carbocycles. The van der Waals surface area contributed by atoms with Crippen LogP contribution in [0.1, 0.15) is 35.7 Å². The molecular formula is C20H19NO6. The van der Waals surface area contributed by atoms with Gasteiger partial charge in [0.05, 0.1) is 23.0 Å². The minimum absolute atomic E-state index is 0.115. The molecule has 0 aromatic heterocycles. The second-order valence-electron chi connectivity index (χ2n) is 6.66. The minimum Gasteiger partial charge on any atom is -0.497 e. The molecule has 3 rings (SSSR count). The Hall–Kier alpha value is -3.22. The van der Waals surface area contributed by atoms with Gasteiger partial charge in [-0.15, -0.1) is 0 Å². The lowest BCUT2D eigenvalue weighted by Gasteiger charge is -2.23. The van der Waals surface area contributed by atoms with Crippen molar-refractivity contribution in [2.75, 3.05) is 7.11 Å². The number of ether oxygens (including phenoxy) is 2. The van der Waals surface area contributed by atoms with Crippen LogP contribution in [0.4, 0.5) is 5.69 Å². The molecule has 2 aromatic carbocycles. The molecule has 0 aliphatic heterocycles. The summed E-state index contributed by atoms with van der Waals surface area (Å²) in [6.07, 6.45) is 0.163. The third kappa shape index (κ3) is 3.53. The molecular weight excluding hydrogens is 350 g/mol. The number of ketones is 1. The highest BCUT2D eigenvalue weighted by molar-refractivity contribution is 5.98. The van der Waals surface area contributed by atoms with Gasteiger partial charge in [-0.25, -0.2) is 4.79 Å². The molecule has 1 saturated carbocycles. The maximum Gasteiger partial charge on any atom is 0.338 e. The normalized spacial score (nSPS) is 21.7. The largest absolute Gasteiger partial charge is 0.497 e. The molecule has 0 unspecified atom stereocenters. The predicted octanol–water partition coefficient (Wildman–Crippen LogP) is 3.45. The number of non-ortho nitro benzene ring substituents is 1. The second kappa shape index (κ2) is 7.19. The van der Waals surface area contributed by atoms with Gasteiger partial charge in [0.25, 0.3) is 5.69 Å². The van der Waals surface area contributed by atoms with E-state index in [2.05, 4.69) is 0 Å². The van der Waals surface area contributed by atoms with Crippen LogP contribution >= 0.6 is 0 Å². The number of rotatable bonds is 5. The molecule has 1 aliphatic rings. The molecule has 0 N–H and O–H groups in total. The zero-order chi connectivity index (χ0) is 19.6. The summed E-state index contributed by atoms with van der Waals surface area (Å²) < 4.78 is 10.5. The van der Waals surface area contributed by atoms with Gasteiger partial charge in [0.15, 0.2) is 11.9 Å². The topological polar surface area (TPSA) is 95.7 Å². The lowest BCUT2D eigenvalue weighted by atomic mass is 9.80. The summed E-state index contributed by atoms with van der Waals surface area (Å²) in [6, 6.07) is 12.4. The number of esters is 1. The third-order valence-electron chi connectivity index (χ3n) is 5.03. The number of nitro groups is 1. The van der Waals surface area contributed by atoms with E-state index in [9.17, 15) is 19.7 Å². The number of hydrogen-bond acceptors (Lipinski definition) is 6. The van der Waals surface area contributed by atoms with Crippen LogP contribution in [0.15, 0.2) is 48.5 Å². The monoisotopic (exact) mass is 369 g/mol. The molecule has 7 heteroatoms. The Labute approximate surface area is 156 Å². The number of carbonyl (C=O) groups is 2. The van der Waals surface area contributed by atoms with Gasteiger partial charge in [-0.2, -0.15) is 0 Å². The highest BCUT2D eigenvalue weighted by atomic mass is 16.6. The van der Waals surface area contributed by atoms with Crippen molar-refractivity contribution >= 4 is 17.4 Å². The maximum absolute atomic E-state index is 12.9. The lowest BCUT2D eigenvalue weighted by Crippen LogP contribution is -2.34. The highest BCUT2D eigenvalue weighted by Crippen LogP contribution is 2.39. The Bertz CT molecular complexity index is 874. The molecule has 140 valence electrons. The second-order valence-corrected chi connectivity index (χ2v) is 6.66. The standard InChI is InChI=1S/C20H19NO6/c1-20(14-5-9-16(26-2)10-6-14)12-11-17(18(20)22)27-19(23)13-3-7-15(8-4-13)21(24)25/h3-10,17H,11-12H2,1-2H3/t17-,20-/m0/s1. The Morgan fingerprint density at radius 3 is 2.33 bits per heavy atom. The van der Waals surface area contributed by atoms with E-state index in [1.165, 1.54) is 24.3 Å². The van der Waals surface area contributed by atoms with Gasteiger partial charge in [-0.1, -0.05) is 12.1 Å². The first-order valence-electron chi connectivity index (χ1n) is 8.49. The van der Waals surface area contributed by atoms with Gasteiger partial charge in [-0.05, 0) is 49.6 Å². The van der Waals surface area contributed by atoms with Crippen molar-refractivity contribution in [1.29, 1.82) is 0 Å². The van der Waals surface area contributed by atoms with Crippen molar-refractivity contribution in [3.05, 3.63) is 69.8 Å². The quantitative estimate of drug-likeness (QED) is 0.455. The molecule has 0 heterocycles. The SMILES string of the molecule is COc1ccc([C@]2(C)CC[C@H](OC(=O)c3ccc([N+](=O)[O-])cc3)C2=O)cc1. The fourth-order valence-corrected chi connectivity index (χ4v) is 3.30. The van der Waals surface area contributed by atoms with Gasteiger partial charge >= 0.3 is 5.97 Å². The summed E-state index contributed by atoms with van der Waals surface area (Å²) in [5.74, 6) is -0.112. The van der Waals surface area contributed by atoms with Crippen LogP contribution in [-0.2, 0) is 14.9 Å². The van der Waals surface area contributed by atoms with E-state index in [-0.39, 0.29) is 17.0 Å². The summed E-state index contributed by atoms with van der Waals surface area (Å²) in [5, 5.41) is 10.7. The maximum atomic E-state index is 12.9. The fourth-order valence-electron chi connectivity index (χ4n) is 3.30. The van der Waals surface area contributed by atoms with Crippen LogP contribution in [-0.4, -0.2) is 29.9 Å². The van der Waals surface area contributed by atoms with E-state index < -0.39 is 22.4 Å². The first-order chi connectivity index (χ1) is 12.8. The molecule has 0 saturated heterocycles. The Morgan fingerprint density at radius 2 is 1.78 bits per heavy atom. The third-order valence-corrected chi connectivity index (χ3v) is 5.03. The number of nitro benzene ring substituents is 1. The van der Waals surface area contributed by atoms with Gasteiger partial charge in [0, 0.05) is 12.1 Å². The van der Waals surface area contributed by atoms with E-state index in [0.717, 1.165) is 5.56 Å². The van der Waals surface area contributed by atoms with Gasteiger partial charge in [-0.3, -0.25) is 14.9 Å². The molecule has 0 spiro atoms. The zero-order valence-corrected chi connectivity index (χ0v) is 15.0. The molecule has 0 radical (unpaired) electrons. The van der Waals surface area contributed by atoms with Gasteiger partial charge < -0.3 is 9.47 Å².